The number of benzene rings is 1. The van der Waals surface area contributed by atoms with Gasteiger partial charge < -0.3 is 20.4 Å². The van der Waals surface area contributed by atoms with Crippen LogP contribution in [0.5, 0.6) is 0 Å². The lowest BCUT2D eigenvalue weighted by atomic mass is 9.96. The fourth-order valence-electron chi connectivity index (χ4n) is 2.57. The molecule has 2 amide bonds. The van der Waals surface area contributed by atoms with Crippen molar-refractivity contribution in [2.75, 3.05) is 26.0 Å². The summed E-state index contributed by atoms with van der Waals surface area (Å²) in [6, 6.07) is 7.99. The molecule has 1 atom stereocenters. The lowest BCUT2D eigenvalue weighted by molar-refractivity contribution is -0.0248. The van der Waals surface area contributed by atoms with Crippen molar-refractivity contribution in [1.29, 1.82) is 0 Å². The number of nitrogens with one attached hydrogen (secondary N) is 1. The highest BCUT2D eigenvalue weighted by atomic mass is 32.2. The SMILES string of the molecule is CSc1ccc(CNC(=O)N2CCC[C@](O)(CO)CC2)cc1. The highest BCUT2D eigenvalue weighted by Crippen LogP contribution is 2.21. The van der Waals surface area contributed by atoms with Crippen molar-refractivity contribution in [3.05, 3.63) is 29.8 Å². The van der Waals surface area contributed by atoms with Crippen LogP contribution in [0.4, 0.5) is 4.79 Å². The van der Waals surface area contributed by atoms with E-state index in [-0.39, 0.29) is 12.6 Å². The third-order valence-electron chi connectivity index (χ3n) is 4.10. The molecule has 1 aliphatic rings. The zero-order valence-corrected chi connectivity index (χ0v) is 13.7. The molecule has 6 heteroatoms. The molecule has 3 N–H and O–H groups in total. The summed E-state index contributed by atoms with van der Waals surface area (Å²) in [6.45, 7) is 1.33. The predicted molar refractivity (Wildman–Crippen MR) is 87.9 cm³/mol. The highest BCUT2D eigenvalue weighted by molar-refractivity contribution is 7.98. The topological polar surface area (TPSA) is 72.8 Å². The van der Waals surface area contributed by atoms with Gasteiger partial charge in [0.15, 0.2) is 0 Å². The van der Waals surface area contributed by atoms with E-state index in [1.165, 1.54) is 4.90 Å². The molecule has 0 saturated carbocycles. The van der Waals surface area contributed by atoms with Crippen molar-refractivity contribution in [1.82, 2.24) is 10.2 Å². The van der Waals surface area contributed by atoms with Crippen LogP contribution in [-0.2, 0) is 6.54 Å². The molecule has 122 valence electrons. The normalized spacial score (nSPS) is 22.2. The van der Waals surface area contributed by atoms with Crippen LogP contribution in [0.15, 0.2) is 29.2 Å². The first-order chi connectivity index (χ1) is 10.6. The summed E-state index contributed by atoms with van der Waals surface area (Å²) in [6.07, 6.45) is 3.68. The van der Waals surface area contributed by atoms with Crippen molar-refractivity contribution >= 4 is 17.8 Å². The summed E-state index contributed by atoms with van der Waals surface area (Å²) in [5.41, 5.74) is 0.0238. The number of rotatable bonds is 4. The van der Waals surface area contributed by atoms with Gasteiger partial charge in [0, 0.05) is 24.5 Å². The third kappa shape index (κ3) is 4.63. The molecule has 5 nitrogen and oxygen atoms in total. The second-order valence-electron chi connectivity index (χ2n) is 5.73. The van der Waals surface area contributed by atoms with Crippen molar-refractivity contribution in [3.63, 3.8) is 0 Å². The Balaban J connectivity index is 1.84. The Morgan fingerprint density at radius 1 is 1.32 bits per heavy atom. The van der Waals surface area contributed by atoms with Gasteiger partial charge in [-0.15, -0.1) is 11.8 Å². The van der Waals surface area contributed by atoms with Gasteiger partial charge in [0.05, 0.1) is 12.2 Å². The number of urea groups is 1. The summed E-state index contributed by atoms with van der Waals surface area (Å²) in [5, 5.41) is 22.2. The average molecular weight is 324 g/mol. The predicted octanol–water partition coefficient (Wildman–Crippen LogP) is 1.83. The molecule has 1 aliphatic heterocycles. The van der Waals surface area contributed by atoms with E-state index in [0.29, 0.717) is 38.9 Å². The summed E-state index contributed by atoms with van der Waals surface area (Å²) < 4.78 is 0. The molecule has 1 heterocycles. The number of aliphatic hydroxyl groups is 2. The molecule has 2 rings (SSSR count). The second-order valence-corrected chi connectivity index (χ2v) is 6.61. The van der Waals surface area contributed by atoms with Gasteiger partial charge in [-0.3, -0.25) is 0 Å². The minimum atomic E-state index is -1.04. The van der Waals surface area contributed by atoms with Gasteiger partial charge in [-0.25, -0.2) is 4.79 Å². The number of carbonyl (C=O) groups is 1. The smallest absolute Gasteiger partial charge is 0.317 e. The summed E-state index contributed by atoms with van der Waals surface area (Å²) >= 11 is 1.69. The van der Waals surface area contributed by atoms with Gasteiger partial charge in [-0.05, 0) is 43.2 Å². The van der Waals surface area contributed by atoms with Crippen LogP contribution in [0.3, 0.4) is 0 Å². The van der Waals surface area contributed by atoms with E-state index in [4.69, 9.17) is 0 Å². The van der Waals surface area contributed by atoms with Crippen molar-refractivity contribution in [3.8, 4) is 0 Å². The molecule has 0 aromatic heterocycles. The average Bonchev–Trinajstić information content (AvgIpc) is 2.75. The second kappa shape index (κ2) is 7.85. The van der Waals surface area contributed by atoms with E-state index in [2.05, 4.69) is 5.32 Å². The number of nitrogens with zero attached hydrogens (tertiary/aromatic N) is 1. The van der Waals surface area contributed by atoms with Crippen LogP contribution in [-0.4, -0.2) is 52.7 Å². The van der Waals surface area contributed by atoms with Crippen LogP contribution >= 0.6 is 11.8 Å². The first-order valence-corrected chi connectivity index (χ1v) is 8.78. The Labute approximate surface area is 135 Å². The minimum Gasteiger partial charge on any atom is -0.393 e. The Morgan fingerprint density at radius 3 is 2.68 bits per heavy atom. The molecule has 1 aromatic carbocycles. The highest BCUT2D eigenvalue weighted by Gasteiger charge is 2.30. The molecule has 1 fully saturated rings. The lowest BCUT2D eigenvalue weighted by Crippen LogP contribution is -2.41. The molecule has 0 radical (unpaired) electrons. The van der Waals surface area contributed by atoms with E-state index >= 15 is 0 Å². The number of thioether (sulfide) groups is 1. The number of aliphatic hydroxyl groups excluding tert-OH is 1. The fraction of sp³-hybridized carbons (Fsp3) is 0.562. The van der Waals surface area contributed by atoms with Crippen LogP contribution in [0, 0.1) is 0 Å². The molecule has 22 heavy (non-hydrogen) atoms. The van der Waals surface area contributed by atoms with Gasteiger partial charge in [0.25, 0.3) is 0 Å². The van der Waals surface area contributed by atoms with Gasteiger partial charge >= 0.3 is 6.03 Å². The van der Waals surface area contributed by atoms with E-state index in [1.807, 2.05) is 30.5 Å². The number of carbonyl (C=O) groups excluding carboxylic acids is 1. The third-order valence-corrected chi connectivity index (χ3v) is 4.85. The number of amides is 2. The maximum absolute atomic E-state index is 12.2. The first kappa shape index (κ1) is 17.1. The Bertz CT molecular complexity index is 495. The van der Waals surface area contributed by atoms with Crippen molar-refractivity contribution in [2.24, 2.45) is 0 Å². The van der Waals surface area contributed by atoms with E-state index in [0.717, 1.165) is 5.56 Å². The standard InChI is InChI=1S/C16H24N2O3S/c1-22-14-5-3-13(4-6-14)11-17-15(20)18-9-2-7-16(21,12-19)8-10-18/h3-6,19,21H,2,7-12H2,1H3,(H,17,20)/t16-/m1/s1. The van der Waals surface area contributed by atoms with Crippen molar-refractivity contribution in [2.45, 2.75) is 36.3 Å². The Hall–Kier alpha value is -1.24. The van der Waals surface area contributed by atoms with Gasteiger partial charge in [-0.2, -0.15) is 0 Å². The first-order valence-electron chi connectivity index (χ1n) is 7.55. The van der Waals surface area contributed by atoms with Gasteiger partial charge in [-0.1, -0.05) is 12.1 Å². The zero-order valence-electron chi connectivity index (χ0n) is 12.9. The van der Waals surface area contributed by atoms with Crippen LogP contribution in [0.1, 0.15) is 24.8 Å². The largest absolute Gasteiger partial charge is 0.393 e. The molecular formula is C16H24N2O3S. The lowest BCUT2D eigenvalue weighted by Gasteiger charge is -2.24. The molecule has 0 unspecified atom stereocenters. The molecule has 0 bridgehead atoms. The molecule has 0 aliphatic carbocycles. The minimum absolute atomic E-state index is 0.115. The summed E-state index contributed by atoms with van der Waals surface area (Å²) in [4.78, 5) is 15.1. The molecule has 1 saturated heterocycles. The number of hydrogen-bond acceptors (Lipinski definition) is 4. The monoisotopic (exact) mass is 324 g/mol. The van der Waals surface area contributed by atoms with E-state index in [9.17, 15) is 15.0 Å². The number of likely N-dealkylation sites (tertiary alicyclic amines) is 1. The fourth-order valence-corrected chi connectivity index (χ4v) is 2.98. The van der Waals surface area contributed by atoms with Crippen molar-refractivity contribution < 1.29 is 15.0 Å². The maximum atomic E-state index is 12.2. The Kier molecular flexibility index (Phi) is 6.11. The van der Waals surface area contributed by atoms with Gasteiger partial charge in [0.1, 0.15) is 0 Å². The van der Waals surface area contributed by atoms with Crippen LogP contribution in [0.25, 0.3) is 0 Å². The zero-order chi connectivity index (χ0) is 16.0. The molecular weight excluding hydrogens is 300 g/mol. The molecule has 1 aromatic rings. The summed E-state index contributed by atoms with van der Waals surface area (Å²) in [5.74, 6) is 0. The van der Waals surface area contributed by atoms with E-state index in [1.54, 1.807) is 16.7 Å². The summed E-state index contributed by atoms with van der Waals surface area (Å²) in [7, 11) is 0. The molecule has 0 spiro atoms. The quantitative estimate of drug-likeness (QED) is 0.739. The van der Waals surface area contributed by atoms with Crippen LogP contribution < -0.4 is 5.32 Å². The Morgan fingerprint density at radius 2 is 2.05 bits per heavy atom. The number of hydrogen-bond donors (Lipinski definition) is 3. The van der Waals surface area contributed by atoms with Crippen LogP contribution in [0.2, 0.25) is 0 Å². The van der Waals surface area contributed by atoms with E-state index < -0.39 is 5.60 Å². The maximum Gasteiger partial charge on any atom is 0.317 e. The van der Waals surface area contributed by atoms with Gasteiger partial charge in [0.2, 0.25) is 0 Å².